The van der Waals surface area contributed by atoms with Gasteiger partial charge in [0.25, 0.3) is 10.0 Å². The highest BCUT2D eigenvalue weighted by Gasteiger charge is 2.33. The molecule has 1 N–H and O–H groups in total. The standard InChI is InChI=1S/C32H39N3O4S/c1-24-18-20-29(21-19-24)40(38,39)35(30-17-11-10-12-25(30)2)23-31(36)34(22-27-13-6-4-7-14-27)26(3)32(37)33-28-15-8-5-9-16-28/h4,6-7,10-14,17-21,26,28H,5,8-9,15-16,22-23H2,1-3H3,(H,33,37)/t26-/m0/s1. The molecule has 0 unspecified atom stereocenters. The Morgan fingerprint density at radius 2 is 1.50 bits per heavy atom. The van der Waals surface area contributed by atoms with E-state index >= 15 is 0 Å². The summed E-state index contributed by atoms with van der Waals surface area (Å²) in [4.78, 5) is 29.0. The van der Waals surface area contributed by atoms with Crippen LogP contribution in [0.25, 0.3) is 0 Å². The molecule has 3 aromatic rings. The zero-order valence-electron chi connectivity index (χ0n) is 23.5. The van der Waals surface area contributed by atoms with E-state index < -0.39 is 28.5 Å². The molecule has 2 amide bonds. The number of aryl methyl sites for hydroxylation is 2. The maximum absolute atomic E-state index is 14.1. The Kier molecular flexibility index (Phi) is 9.63. The molecule has 1 aliphatic rings. The van der Waals surface area contributed by atoms with Crippen LogP contribution in [0.4, 0.5) is 5.69 Å². The van der Waals surface area contributed by atoms with Gasteiger partial charge in [0.1, 0.15) is 12.6 Å². The van der Waals surface area contributed by atoms with Crippen molar-refractivity contribution in [2.45, 2.75) is 76.4 Å². The van der Waals surface area contributed by atoms with Gasteiger partial charge in [0.2, 0.25) is 11.8 Å². The first-order chi connectivity index (χ1) is 19.2. The molecule has 0 saturated heterocycles. The van der Waals surface area contributed by atoms with Crippen LogP contribution in [0.5, 0.6) is 0 Å². The molecule has 0 aromatic heterocycles. The molecule has 40 heavy (non-hydrogen) atoms. The summed E-state index contributed by atoms with van der Waals surface area (Å²) in [5.74, 6) is -0.672. The molecular weight excluding hydrogens is 522 g/mol. The summed E-state index contributed by atoms with van der Waals surface area (Å²) in [5, 5.41) is 3.13. The first-order valence-electron chi connectivity index (χ1n) is 14.0. The van der Waals surface area contributed by atoms with Gasteiger partial charge >= 0.3 is 0 Å². The maximum atomic E-state index is 14.1. The molecule has 3 aromatic carbocycles. The average Bonchev–Trinajstić information content (AvgIpc) is 2.96. The molecule has 212 valence electrons. The second-order valence-electron chi connectivity index (χ2n) is 10.6. The molecule has 0 radical (unpaired) electrons. The van der Waals surface area contributed by atoms with Gasteiger partial charge in [-0.25, -0.2) is 8.42 Å². The topological polar surface area (TPSA) is 86.8 Å². The van der Waals surface area contributed by atoms with Crippen LogP contribution in [0.15, 0.2) is 83.8 Å². The molecule has 4 rings (SSSR count). The zero-order valence-corrected chi connectivity index (χ0v) is 24.4. The van der Waals surface area contributed by atoms with Crippen LogP contribution in [0.1, 0.15) is 55.7 Å². The summed E-state index contributed by atoms with van der Waals surface area (Å²) in [5.41, 5.74) is 2.94. The van der Waals surface area contributed by atoms with Crippen molar-refractivity contribution in [3.8, 4) is 0 Å². The number of hydrogen-bond acceptors (Lipinski definition) is 4. The second-order valence-corrected chi connectivity index (χ2v) is 12.5. The third kappa shape index (κ3) is 7.10. The summed E-state index contributed by atoms with van der Waals surface area (Å²) >= 11 is 0. The molecule has 0 aliphatic heterocycles. The van der Waals surface area contributed by atoms with Gasteiger partial charge in [-0.3, -0.25) is 13.9 Å². The lowest BCUT2D eigenvalue weighted by Crippen LogP contribution is -2.53. The molecule has 0 spiro atoms. The number of rotatable bonds is 10. The third-order valence-corrected chi connectivity index (χ3v) is 9.36. The minimum absolute atomic E-state index is 0.0998. The number of carbonyl (C=O) groups excluding carboxylic acids is 2. The van der Waals surface area contributed by atoms with Crippen LogP contribution in [0.2, 0.25) is 0 Å². The molecule has 0 bridgehead atoms. The van der Waals surface area contributed by atoms with Crippen molar-refractivity contribution in [3.63, 3.8) is 0 Å². The number of para-hydroxylation sites is 1. The van der Waals surface area contributed by atoms with E-state index in [0.29, 0.717) is 5.69 Å². The van der Waals surface area contributed by atoms with Gasteiger partial charge in [-0.1, -0.05) is 85.5 Å². The van der Waals surface area contributed by atoms with Crippen molar-refractivity contribution in [1.82, 2.24) is 10.2 Å². The predicted octanol–water partition coefficient (Wildman–Crippen LogP) is 5.36. The van der Waals surface area contributed by atoms with Crippen molar-refractivity contribution in [1.29, 1.82) is 0 Å². The van der Waals surface area contributed by atoms with Gasteiger partial charge in [-0.05, 0) is 62.9 Å². The van der Waals surface area contributed by atoms with Gasteiger partial charge in [0.15, 0.2) is 0 Å². The molecular formula is C32H39N3O4S. The van der Waals surface area contributed by atoms with Crippen molar-refractivity contribution in [2.75, 3.05) is 10.8 Å². The molecule has 0 heterocycles. The van der Waals surface area contributed by atoms with Gasteiger partial charge in [-0.2, -0.15) is 0 Å². The number of anilines is 1. The van der Waals surface area contributed by atoms with Crippen LogP contribution in [-0.2, 0) is 26.2 Å². The van der Waals surface area contributed by atoms with Crippen molar-refractivity contribution < 1.29 is 18.0 Å². The number of sulfonamides is 1. The van der Waals surface area contributed by atoms with E-state index in [2.05, 4.69) is 5.32 Å². The molecule has 1 saturated carbocycles. The monoisotopic (exact) mass is 561 g/mol. The number of amides is 2. The summed E-state index contributed by atoms with van der Waals surface area (Å²) in [7, 11) is -4.08. The van der Waals surface area contributed by atoms with E-state index in [1.807, 2.05) is 56.3 Å². The molecule has 1 fully saturated rings. The SMILES string of the molecule is Cc1ccc(S(=O)(=O)N(CC(=O)N(Cc2ccccc2)[C@@H](C)C(=O)NC2CCCCC2)c2ccccc2C)cc1. The minimum Gasteiger partial charge on any atom is -0.352 e. The van der Waals surface area contributed by atoms with Crippen LogP contribution in [-0.4, -0.2) is 43.8 Å². The zero-order chi connectivity index (χ0) is 28.7. The van der Waals surface area contributed by atoms with Crippen molar-refractivity contribution in [2.24, 2.45) is 0 Å². The fraction of sp³-hybridized carbons (Fsp3) is 0.375. The van der Waals surface area contributed by atoms with E-state index in [0.717, 1.165) is 42.4 Å². The van der Waals surface area contributed by atoms with Crippen molar-refractivity contribution in [3.05, 3.63) is 95.6 Å². The van der Waals surface area contributed by atoms with E-state index in [9.17, 15) is 18.0 Å². The quantitative estimate of drug-likeness (QED) is 0.361. The minimum atomic E-state index is -4.08. The van der Waals surface area contributed by atoms with Gasteiger partial charge in [-0.15, -0.1) is 0 Å². The van der Waals surface area contributed by atoms with Crippen LogP contribution in [0.3, 0.4) is 0 Å². The predicted molar refractivity (Wildman–Crippen MR) is 158 cm³/mol. The molecule has 7 nitrogen and oxygen atoms in total. The fourth-order valence-corrected chi connectivity index (χ4v) is 6.60. The smallest absolute Gasteiger partial charge is 0.264 e. The number of nitrogens with one attached hydrogen (secondary N) is 1. The summed E-state index contributed by atoms with van der Waals surface area (Å²) in [6.45, 7) is 5.17. The van der Waals surface area contributed by atoms with Gasteiger partial charge < -0.3 is 10.2 Å². The number of carbonyl (C=O) groups is 2. The Bertz CT molecular complexity index is 1400. The van der Waals surface area contributed by atoms with Gasteiger partial charge in [0, 0.05) is 12.6 Å². The highest BCUT2D eigenvalue weighted by molar-refractivity contribution is 7.92. The Labute approximate surface area is 238 Å². The van der Waals surface area contributed by atoms with Crippen LogP contribution < -0.4 is 9.62 Å². The normalized spacial score (nSPS) is 14.8. The van der Waals surface area contributed by atoms with E-state index in [4.69, 9.17) is 0 Å². The first kappa shape index (κ1) is 29.3. The Balaban J connectivity index is 1.67. The second kappa shape index (κ2) is 13.1. The molecule has 1 aliphatic carbocycles. The Morgan fingerprint density at radius 3 is 2.15 bits per heavy atom. The highest BCUT2D eigenvalue weighted by atomic mass is 32.2. The maximum Gasteiger partial charge on any atom is 0.264 e. The first-order valence-corrected chi connectivity index (χ1v) is 15.4. The lowest BCUT2D eigenvalue weighted by Gasteiger charge is -2.33. The summed E-state index contributed by atoms with van der Waals surface area (Å²) in [6.07, 6.45) is 5.19. The van der Waals surface area contributed by atoms with Crippen molar-refractivity contribution >= 4 is 27.5 Å². The highest BCUT2D eigenvalue weighted by Crippen LogP contribution is 2.27. The number of benzene rings is 3. The third-order valence-electron chi connectivity index (χ3n) is 7.59. The summed E-state index contributed by atoms with van der Waals surface area (Å²) in [6, 6.07) is 22.5. The Morgan fingerprint density at radius 1 is 0.875 bits per heavy atom. The fourth-order valence-electron chi connectivity index (χ4n) is 5.13. The lowest BCUT2D eigenvalue weighted by molar-refractivity contribution is -0.139. The van der Waals surface area contributed by atoms with Crippen LogP contribution in [0, 0.1) is 13.8 Å². The largest absolute Gasteiger partial charge is 0.352 e. The van der Waals surface area contributed by atoms with Gasteiger partial charge in [0.05, 0.1) is 10.6 Å². The van der Waals surface area contributed by atoms with E-state index in [-0.39, 0.29) is 23.4 Å². The Hall–Kier alpha value is -3.65. The molecule has 8 heteroatoms. The molecule has 1 atom stereocenters. The number of hydrogen-bond donors (Lipinski definition) is 1. The van der Waals surface area contributed by atoms with E-state index in [1.54, 1.807) is 43.3 Å². The lowest BCUT2D eigenvalue weighted by atomic mass is 9.95. The van der Waals surface area contributed by atoms with Crippen LogP contribution >= 0.6 is 0 Å². The number of nitrogens with zero attached hydrogens (tertiary/aromatic N) is 2. The summed E-state index contributed by atoms with van der Waals surface area (Å²) < 4.78 is 29.1. The average molecular weight is 562 g/mol. The van der Waals surface area contributed by atoms with E-state index in [1.165, 1.54) is 15.6 Å².